The Morgan fingerprint density at radius 2 is 2.14 bits per heavy atom. The van der Waals surface area contributed by atoms with E-state index in [1.165, 1.54) is 11.3 Å². The van der Waals surface area contributed by atoms with Gasteiger partial charge in [0, 0.05) is 22.8 Å². The van der Waals surface area contributed by atoms with E-state index >= 15 is 0 Å². The number of nitrogens with one attached hydrogen (secondary N) is 2. The molecule has 0 unspecified atom stereocenters. The maximum atomic E-state index is 12.2. The van der Waals surface area contributed by atoms with Crippen molar-refractivity contribution in [3.63, 3.8) is 0 Å². The Morgan fingerprint density at radius 3 is 2.76 bits per heavy atom. The van der Waals surface area contributed by atoms with E-state index in [9.17, 15) is 8.42 Å². The van der Waals surface area contributed by atoms with Gasteiger partial charge in [-0.25, -0.2) is 18.1 Å². The minimum Gasteiger partial charge on any atom is -0.445 e. The van der Waals surface area contributed by atoms with Crippen LogP contribution in [0.4, 0.5) is 0 Å². The van der Waals surface area contributed by atoms with Gasteiger partial charge in [-0.2, -0.15) is 0 Å². The second-order valence-corrected chi connectivity index (χ2v) is 7.74. The molecule has 0 aliphatic carbocycles. The van der Waals surface area contributed by atoms with E-state index in [4.69, 9.17) is 4.42 Å². The van der Waals surface area contributed by atoms with Crippen LogP contribution in [0.3, 0.4) is 0 Å². The molecule has 8 heteroatoms. The minimum absolute atomic E-state index is 0.0472. The van der Waals surface area contributed by atoms with Crippen LogP contribution in [0.25, 0.3) is 0 Å². The monoisotopic (exact) mass is 329 g/mol. The summed E-state index contributed by atoms with van der Waals surface area (Å²) in [5, 5.41) is 4.90. The van der Waals surface area contributed by atoms with Gasteiger partial charge >= 0.3 is 0 Å². The van der Waals surface area contributed by atoms with Gasteiger partial charge in [0.15, 0.2) is 0 Å². The Kier molecular flexibility index (Phi) is 5.15. The van der Waals surface area contributed by atoms with Crippen molar-refractivity contribution in [2.24, 2.45) is 0 Å². The standard InChI is InChI=1S/C13H19N3O3S2/c1-9(2)14-6-11-4-12(8-20-11)21(17,18)16-7-13-15-5-10(3)19-13/h4-5,8-9,14,16H,6-7H2,1-3H3. The summed E-state index contributed by atoms with van der Waals surface area (Å²) in [6.45, 7) is 6.57. The summed E-state index contributed by atoms with van der Waals surface area (Å²) in [4.78, 5) is 5.22. The van der Waals surface area contributed by atoms with Gasteiger partial charge < -0.3 is 9.73 Å². The van der Waals surface area contributed by atoms with Crippen LogP contribution in [0.5, 0.6) is 0 Å². The lowest BCUT2D eigenvalue weighted by Crippen LogP contribution is -2.23. The molecule has 0 amide bonds. The van der Waals surface area contributed by atoms with Crippen molar-refractivity contribution in [3.8, 4) is 0 Å². The molecule has 2 aromatic rings. The molecule has 2 aromatic heterocycles. The number of aromatic nitrogens is 1. The van der Waals surface area contributed by atoms with Crippen molar-refractivity contribution in [2.45, 2.75) is 44.8 Å². The SMILES string of the molecule is Cc1cnc(CNS(=O)(=O)c2csc(CNC(C)C)c2)o1. The van der Waals surface area contributed by atoms with Crippen molar-refractivity contribution < 1.29 is 12.8 Å². The second-order valence-electron chi connectivity index (χ2n) is 4.97. The highest BCUT2D eigenvalue weighted by atomic mass is 32.2. The van der Waals surface area contributed by atoms with Gasteiger partial charge in [-0.1, -0.05) is 13.8 Å². The van der Waals surface area contributed by atoms with Gasteiger partial charge in [0.1, 0.15) is 5.76 Å². The predicted molar refractivity (Wildman–Crippen MR) is 81.6 cm³/mol. The third-order valence-corrected chi connectivity index (χ3v) is 5.17. The molecule has 0 spiro atoms. The zero-order valence-electron chi connectivity index (χ0n) is 12.2. The Labute approximate surface area is 128 Å². The number of aryl methyl sites for hydroxylation is 1. The van der Waals surface area contributed by atoms with Crippen LogP contribution in [0.15, 0.2) is 27.0 Å². The number of oxazole rings is 1. The highest BCUT2D eigenvalue weighted by Gasteiger charge is 2.17. The van der Waals surface area contributed by atoms with E-state index in [-0.39, 0.29) is 11.4 Å². The number of hydrogen-bond donors (Lipinski definition) is 2. The third-order valence-electron chi connectivity index (χ3n) is 2.71. The predicted octanol–water partition coefficient (Wildman–Crippen LogP) is 2.02. The van der Waals surface area contributed by atoms with Crippen LogP contribution in [0, 0.1) is 6.92 Å². The Bertz CT molecular complexity index is 689. The largest absolute Gasteiger partial charge is 0.445 e. The topological polar surface area (TPSA) is 84.2 Å². The van der Waals surface area contributed by atoms with E-state index in [0.29, 0.717) is 24.2 Å². The fourth-order valence-electron chi connectivity index (χ4n) is 1.62. The fourth-order valence-corrected chi connectivity index (χ4v) is 3.82. The average Bonchev–Trinajstić information content (AvgIpc) is 3.03. The highest BCUT2D eigenvalue weighted by Crippen LogP contribution is 2.19. The molecule has 0 fully saturated rings. The summed E-state index contributed by atoms with van der Waals surface area (Å²) in [7, 11) is -3.53. The average molecular weight is 329 g/mol. The van der Waals surface area contributed by atoms with E-state index in [0.717, 1.165) is 4.88 Å². The first-order chi connectivity index (χ1) is 9.87. The first-order valence-corrected chi connectivity index (χ1v) is 8.95. The van der Waals surface area contributed by atoms with Crippen LogP contribution in [0.2, 0.25) is 0 Å². The molecule has 0 bridgehead atoms. The zero-order valence-corrected chi connectivity index (χ0v) is 13.8. The van der Waals surface area contributed by atoms with Gasteiger partial charge in [0.25, 0.3) is 0 Å². The van der Waals surface area contributed by atoms with Gasteiger partial charge in [0.2, 0.25) is 15.9 Å². The van der Waals surface area contributed by atoms with Crippen molar-refractivity contribution in [3.05, 3.63) is 34.2 Å². The van der Waals surface area contributed by atoms with Crippen molar-refractivity contribution in [2.75, 3.05) is 0 Å². The molecule has 0 aliphatic heterocycles. The normalized spacial score (nSPS) is 12.2. The van der Waals surface area contributed by atoms with Gasteiger partial charge in [-0.05, 0) is 13.0 Å². The number of nitrogens with zero attached hydrogens (tertiary/aromatic N) is 1. The number of sulfonamides is 1. The Hall–Kier alpha value is -1.22. The molecular weight excluding hydrogens is 310 g/mol. The molecular formula is C13H19N3O3S2. The van der Waals surface area contributed by atoms with Crippen LogP contribution in [0.1, 0.15) is 30.4 Å². The zero-order chi connectivity index (χ0) is 15.5. The highest BCUT2D eigenvalue weighted by molar-refractivity contribution is 7.89. The molecule has 0 radical (unpaired) electrons. The molecule has 0 aliphatic rings. The lowest BCUT2D eigenvalue weighted by Gasteiger charge is -2.05. The molecule has 2 N–H and O–H groups in total. The van der Waals surface area contributed by atoms with Crippen molar-refractivity contribution in [1.82, 2.24) is 15.0 Å². The molecule has 0 atom stereocenters. The molecule has 0 saturated carbocycles. The van der Waals surface area contributed by atoms with Gasteiger partial charge in [0.05, 0.1) is 17.6 Å². The number of hydrogen-bond acceptors (Lipinski definition) is 6. The van der Waals surface area contributed by atoms with Gasteiger partial charge in [-0.15, -0.1) is 11.3 Å². The lowest BCUT2D eigenvalue weighted by molar-refractivity contribution is 0.463. The molecule has 0 saturated heterocycles. The summed E-state index contributed by atoms with van der Waals surface area (Å²) in [6.07, 6.45) is 1.56. The molecule has 0 aromatic carbocycles. The van der Waals surface area contributed by atoms with E-state index in [1.54, 1.807) is 24.6 Å². The molecule has 6 nitrogen and oxygen atoms in total. The van der Waals surface area contributed by atoms with E-state index in [1.807, 2.05) is 13.8 Å². The van der Waals surface area contributed by atoms with E-state index < -0.39 is 10.0 Å². The van der Waals surface area contributed by atoms with Gasteiger partial charge in [-0.3, -0.25) is 0 Å². The fraction of sp³-hybridized carbons (Fsp3) is 0.462. The Morgan fingerprint density at radius 1 is 1.38 bits per heavy atom. The summed E-state index contributed by atoms with van der Waals surface area (Å²) < 4.78 is 32.1. The first-order valence-electron chi connectivity index (χ1n) is 6.58. The van der Waals surface area contributed by atoms with E-state index in [2.05, 4.69) is 15.0 Å². The maximum Gasteiger partial charge on any atom is 0.241 e. The lowest BCUT2D eigenvalue weighted by atomic mass is 10.4. The summed E-state index contributed by atoms with van der Waals surface area (Å²) >= 11 is 1.42. The quantitative estimate of drug-likeness (QED) is 0.812. The smallest absolute Gasteiger partial charge is 0.241 e. The maximum absolute atomic E-state index is 12.2. The minimum atomic E-state index is -3.53. The first kappa shape index (κ1) is 16.2. The number of thiophene rings is 1. The molecule has 21 heavy (non-hydrogen) atoms. The third kappa shape index (κ3) is 4.63. The molecule has 116 valence electrons. The summed E-state index contributed by atoms with van der Waals surface area (Å²) in [5.74, 6) is 1.01. The second kappa shape index (κ2) is 6.69. The van der Waals surface area contributed by atoms with Crippen LogP contribution >= 0.6 is 11.3 Å². The summed E-state index contributed by atoms with van der Waals surface area (Å²) in [5.41, 5.74) is 0. The molecule has 2 heterocycles. The van der Waals surface area contributed by atoms with Crippen molar-refractivity contribution in [1.29, 1.82) is 0 Å². The number of rotatable bonds is 7. The van der Waals surface area contributed by atoms with Crippen LogP contribution in [-0.2, 0) is 23.1 Å². The summed E-state index contributed by atoms with van der Waals surface area (Å²) in [6, 6.07) is 2.04. The molecule has 2 rings (SSSR count). The van der Waals surface area contributed by atoms with Crippen molar-refractivity contribution >= 4 is 21.4 Å². The Balaban J connectivity index is 1.99. The van der Waals surface area contributed by atoms with Crippen LogP contribution in [-0.4, -0.2) is 19.4 Å². The van der Waals surface area contributed by atoms with Crippen LogP contribution < -0.4 is 10.0 Å².